The Bertz CT molecular complexity index is 921. The quantitative estimate of drug-likeness (QED) is 0.853. The molecule has 7 nitrogen and oxygen atoms in total. The molecule has 0 aliphatic carbocycles. The minimum Gasteiger partial charge on any atom is -0.481 e. The molecule has 0 bridgehead atoms. The summed E-state index contributed by atoms with van der Waals surface area (Å²) in [4.78, 5) is 33.8. The van der Waals surface area contributed by atoms with Crippen molar-refractivity contribution in [3.8, 4) is 5.88 Å². The van der Waals surface area contributed by atoms with Crippen molar-refractivity contribution in [1.29, 1.82) is 0 Å². The van der Waals surface area contributed by atoms with Crippen LogP contribution in [0.2, 0.25) is 0 Å². The minimum absolute atomic E-state index is 0.0797. The van der Waals surface area contributed by atoms with Crippen LogP contribution < -0.4 is 4.74 Å². The van der Waals surface area contributed by atoms with Crippen LogP contribution in [0.25, 0.3) is 10.9 Å². The number of aromatic nitrogens is 1. The van der Waals surface area contributed by atoms with E-state index in [4.69, 9.17) is 4.74 Å². The fourth-order valence-electron chi connectivity index (χ4n) is 4.57. The maximum absolute atomic E-state index is 13.3. The molecule has 1 aromatic heterocycles. The largest absolute Gasteiger partial charge is 0.481 e. The molecule has 3 heterocycles. The predicted octanol–water partition coefficient (Wildman–Crippen LogP) is 1.69. The maximum Gasteiger partial charge on any atom is 0.254 e. The van der Waals surface area contributed by atoms with Gasteiger partial charge in [-0.2, -0.15) is 0 Å². The number of methoxy groups -OCH3 is 1. The SMILES string of the molecule is COc1cc(C(=O)N2CCC3(CC2)CC(O)CN(C)C3=O)c2ccccc2n1. The van der Waals surface area contributed by atoms with Crippen molar-refractivity contribution >= 4 is 22.7 Å². The Kier molecular flexibility index (Phi) is 4.71. The number of likely N-dealkylation sites (N-methyl/N-ethyl adjacent to an activating group) is 1. The molecule has 2 fully saturated rings. The molecule has 2 aliphatic rings. The highest BCUT2D eigenvalue weighted by molar-refractivity contribution is 6.06. The first-order valence-electron chi connectivity index (χ1n) is 9.60. The molecule has 2 aromatic rings. The van der Waals surface area contributed by atoms with Crippen LogP contribution in [0.5, 0.6) is 5.88 Å². The van der Waals surface area contributed by atoms with Gasteiger partial charge >= 0.3 is 0 Å². The third-order valence-corrected chi connectivity index (χ3v) is 6.05. The number of hydrogen-bond donors (Lipinski definition) is 1. The smallest absolute Gasteiger partial charge is 0.254 e. The average molecular weight is 383 g/mol. The lowest BCUT2D eigenvalue weighted by Gasteiger charge is -2.47. The summed E-state index contributed by atoms with van der Waals surface area (Å²) in [5.74, 6) is 0.410. The van der Waals surface area contributed by atoms with E-state index in [0.717, 1.165) is 5.39 Å². The Hall–Kier alpha value is -2.67. The molecule has 7 heteroatoms. The molecule has 28 heavy (non-hydrogen) atoms. The number of carbonyl (C=O) groups excluding carboxylic acids is 2. The van der Waals surface area contributed by atoms with Gasteiger partial charge in [-0.1, -0.05) is 18.2 Å². The lowest BCUT2D eigenvalue weighted by Crippen LogP contribution is -2.56. The van der Waals surface area contributed by atoms with E-state index in [9.17, 15) is 14.7 Å². The number of β-amino-alcohol motifs (C(OH)–C–C–N with tert-alkyl or cyclic N) is 1. The van der Waals surface area contributed by atoms with Gasteiger partial charge in [0.1, 0.15) is 0 Å². The molecule has 2 amide bonds. The first-order valence-corrected chi connectivity index (χ1v) is 9.60. The summed E-state index contributed by atoms with van der Waals surface area (Å²) in [5.41, 5.74) is 0.720. The molecule has 4 rings (SSSR count). The van der Waals surface area contributed by atoms with Crippen LogP contribution in [-0.2, 0) is 4.79 Å². The normalized spacial score (nSPS) is 22.0. The fourth-order valence-corrected chi connectivity index (χ4v) is 4.57. The number of aliphatic hydroxyl groups excluding tert-OH is 1. The molecule has 2 saturated heterocycles. The average Bonchev–Trinajstić information content (AvgIpc) is 2.71. The van der Waals surface area contributed by atoms with Gasteiger partial charge in [0.05, 0.1) is 29.7 Å². The number of para-hydroxylation sites is 1. The Morgan fingerprint density at radius 2 is 2.00 bits per heavy atom. The number of pyridine rings is 1. The van der Waals surface area contributed by atoms with E-state index < -0.39 is 11.5 Å². The summed E-state index contributed by atoms with van der Waals surface area (Å²) in [7, 11) is 3.27. The van der Waals surface area contributed by atoms with Gasteiger partial charge in [-0.15, -0.1) is 0 Å². The van der Waals surface area contributed by atoms with Gasteiger partial charge in [-0.25, -0.2) is 4.98 Å². The number of benzene rings is 1. The summed E-state index contributed by atoms with van der Waals surface area (Å²) in [6, 6.07) is 9.19. The standard InChI is InChI=1S/C21H25N3O4/c1-23-13-14(25)12-21(20(23)27)7-9-24(10-8-21)19(26)16-11-18(28-2)22-17-6-4-3-5-15(16)17/h3-6,11,14,25H,7-10,12-13H2,1-2H3. The minimum atomic E-state index is -0.554. The second kappa shape index (κ2) is 7.05. The lowest BCUT2D eigenvalue weighted by molar-refractivity contribution is -0.154. The summed E-state index contributed by atoms with van der Waals surface area (Å²) in [5, 5.41) is 10.9. The number of hydrogen-bond acceptors (Lipinski definition) is 5. The van der Waals surface area contributed by atoms with Gasteiger partial charge in [0.25, 0.3) is 5.91 Å². The van der Waals surface area contributed by atoms with Gasteiger partial charge in [0.15, 0.2) is 0 Å². The van der Waals surface area contributed by atoms with Crippen LogP contribution in [0.4, 0.5) is 0 Å². The van der Waals surface area contributed by atoms with E-state index in [1.807, 2.05) is 24.3 Å². The van der Waals surface area contributed by atoms with Gasteiger partial charge in [-0.05, 0) is 25.3 Å². The molecule has 2 aliphatic heterocycles. The van der Waals surface area contributed by atoms with Gasteiger partial charge < -0.3 is 19.6 Å². The van der Waals surface area contributed by atoms with Crippen molar-refractivity contribution in [1.82, 2.24) is 14.8 Å². The number of rotatable bonds is 2. The van der Waals surface area contributed by atoms with Crippen LogP contribution in [0, 0.1) is 5.41 Å². The van der Waals surface area contributed by atoms with E-state index >= 15 is 0 Å². The van der Waals surface area contributed by atoms with Crippen molar-refractivity contribution in [3.63, 3.8) is 0 Å². The molecular formula is C21H25N3O4. The Morgan fingerprint density at radius 1 is 1.29 bits per heavy atom. The Morgan fingerprint density at radius 3 is 2.71 bits per heavy atom. The third kappa shape index (κ3) is 3.09. The van der Waals surface area contributed by atoms with E-state index in [2.05, 4.69) is 4.98 Å². The van der Waals surface area contributed by atoms with Crippen molar-refractivity contribution in [3.05, 3.63) is 35.9 Å². The number of amides is 2. The maximum atomic E-state index is 13.3. The zero-order valence-corrected chi connectivity index (χ0v) is 16.2. The third-order valence-electron chi connectivity index (χ3n) is 6.05. The zero-order valence-electron chi connectivity index (χ0n) is 16.2. The molecule has 0 saturated carbocycles. The molecule has 1 aromatic carbocycles. The second-order valence-corrected chi connectivity index (χ2v) is 7.85. The van der Waals surface area contributed by atoms with Gasteiger partial charge in [0.2, 0.25) is 11.8 Å². The van der Waals surface area contributed by atoms with Crippen molar-refractivity contribution in [2.24, 2.45) is 5.41 Å². The molecule has 1 unspecified atom stereocenters. The number of ether oxygens (including phenoxy) is 1. The number of aliphatic hydroxyl groups is 1. The molecule has 0 radical (unpaired) electrons. The number of carbonyl (C=O) groups is 2. The number of nitrogens with zero attached hydrogens (tertiary/aromatic N) is 3. The first kappa shape index (κ1) is 18.7. The lowest BCUT2D eigenvalue weighted by atomic mass is 9.71. The van der Waals surface area contributed by atoms with Crippen LogP contribution >= 0.6 is 0 Å². The second-order valence-electron chi connectivity index (χ2n) is 7.85. The van der Waals surface area contributed by atoms with E-state index in [1.165, 1.54) is 7.11 Å². The molecular weight excluding hydrogens is 358 g/mol. The van der Waals surface area contributed by atoms with Crippen molar-refractivity contribution in [2.75, 3.05) is 33.8 Å². The van der Waals surface area contributed by atoms with Gasteiger partial charge in [0, 0.05) is 38.1 Å². The van der Waals surface area contributed by atoms with Crippen LogP contribution in [0.15, 0.2) is 30.3 Å². The topological polar surface area (TPSA) is 83.0 Å². The van der Waals surface area contributed by atoms with Crippen LogP contribution in [0.1, 0.15) is 29.6 Å². The highest BCUT2D eigenvalue weighted by Crippen LogP contribution is 2.41. The van der Waals surface area contributed by atoms with E-state index in [0.29, 0.717) is 55.9 Å². The predicted molar refractivity (Wildman–Crippen MR) is 104 cm³/mol. The number of fused-ring (bicyclic) bond motifs is 1. The number of piperidine rings is 2. The van der Waals surface area contributed by atoms with Gasteiger partial charge in [-0.3, -0.25) is 9.59 Å². The fraction of sp³-hybridized carbons (Fsp3) is 0.476. The summed E-state index contributed by atoms with van der Waals surface area (Å²) >= 11 is 0. The van der Waals surface area contributed by atoms with Crippen LogP contribution in [0.3, 0.4) is 0 Å². The monoisotopic (exact) mass is 383 g/mol. The van der Waals surface area contributed by atoms with E-state index in [1.54, 1.807) is 22.9 Å². The summed E-state index contributed by atoms with van der Waals surface area (Å²) in [6.45, 7) is 1.36. The summed E-state index contributed by atoms with van der Waals surface area (Å²) in [6.07, 6.45) is 1.11. The highest BCUT2D eigenvalue weighted by Gasteiger charge is 2.48. The van der Waals surface area contributed by atoms with Crippen molar-refractivity contribution < 1.29 is 19.4 Å². The summed E-state index contributed by atoms with van der Waals surface area (Å²) < 4.78 is 5.27. The highest BCUT2D eigenvalue weighted by atomic mass is 16.5. The van der Waals surface area contributed by atoms with E-state index in [-0.39, 0.29) is 11.8 Å². The Labute approximate surface area is 163 Å². The number of likely N-dealkylation sites (tertiary alicyclic amines) is 2. The van der Waals surface area contributed by atoms with Crippen LogP contribution in [-0.4, -0.2) is 71.6 Å². The Balaban J connectivity index is 1.58. The van der Waals surface area contributed by atoms with Crippen molar-refractivity contribution in [2.45, 2.75) is 25.4 Å². The molecule has 1 N–H and O–H groups in total. The molecule has 148 valence electrons. The molecule has 1 atom stereocenters. The molecule has 1 spiro atoms. The zero-order chi connectivity index (χ0) is 19.9. The first-order chi connectivity index (χ1) is 13.4.